The minimum Gasteiger partial charge on any atom is -0.359 e. The van der Waals surface area contributed by atoms with E-state index in [1.165, 1.54) is 44.9 Å². The van der Waals surface area contributed by atoms with Crippen molar-refractivity contribution in [3.63, 3.8) is 0 Å². The Morgan fingerprint density at radius 1 is 1.25 bits per heavy atom. The molecule has 0 radical (unpaired) electrons. The first kappa shape index (κ1) is 11.9. The predicted octanol–water partition coefficient (Wildman–Crippen LogP) is 3.13. The van der Waals surface area contributed by atoms with Gasteiger partial charge in [-0.15, -0.1) is 11.3 Å². The Balaban J connectivity index is 1.86. The van der Waals surface area contributed by atoms with E-state index in [-0.39, 0.29) is 0 Å². The van der Waals surface area contributed by atoms with Gasteiger partial charge in [0.25, 0.3) is 0 Å². The highest BCUT2D eigenvalue weighted by molar-refractivity contribution is 7.13. The van der Waals surface area contributed by atoms with Crippen molar-refractivity contribution in [1.82, 2.24) is 4.98 Å². The SMILES string of the molecule is NCc1csc(NC2CCCCCCC2)n1. The van der Waals surface area contributed by atoms with Crippen molar-refractivity contribution < 1.29 is 0 Å². The standard InChI is InChI=1S/C12H21N3S/c13-8-11-9-16-12(15-11)14-10-6-4-2-1-3-5-7-10/h9-10H,1-8,13H2,(H,14,15). The van der Waals surface area contributed by atoms with Crippen LogP contribution in [0.5, 0.6) is 0 Å². The fourth-order valence-corrected chi connectivity index (χ4v) is 3.04. The van der Waals surface area contributed by atoms with E-state index in [1.54, 1.807) is 11.3 Å². The molecule has 1 aliphatic rings. The summed E-state index contributed by atoms with van der Waals surface area (Å²) in [5.74, 6) is 0. The number of thiazole rings is 1. The Morgan fingerprint density at radius 3 is 2.56 bits per heavy atom. The van der Waals surface area contributed by atoms with Gasteiger partial charge in [-0.25, -0.2) is 4.98 Å². The van der Waals surface area contributed by atoms with E-state index in [0.29, 0.717) is 12.6 Å². The molecule has 3 N–H and O–H groups in total. The van der Waals surface area contributed by atoms with Gasteiger partial charge in [-0.1, -0.05) is 32.1 Å². The first-order chi connectivity index (χ1) is 7.88. The molecule has 0 amide bonds. The third-order valence-corrected chi connectivity index (χ3v) is 4.02. The molecule has 0 spiro atoms. The molecule has 4 heteroatoms. The summed E-state index contributed by atoms with van der Waals surface area (Å²) in [4.78, 5) is 4.46. The molecular weight excluding hydrogens is 218 g/mol. The first-order valence-electron chi connectivity index (χ1n) is 6.29. The molecule has 0 unspecified atom stereocenters. The third kappa shape index (κ3) is 3.46. The fourth-order valence-electron chi connectivity index (χ4n) is 2.24. The van der Waals surface area contributed by atoms with Gasteiger partial charge in [-0.2, -0.15) is 0 Å². The summed E-state index contributed by atoms with van der Waals surface area (Å²) in [6.07, 6.45) is 9.49. The van der Waals surface area contributed by atoms with Crippen LogP contribution >= 0.6 is 11.3 Å². The van der Waals surface area contributed by atoms with Crippen LogP contribution in [0.1, 0.15) is 50.6 Å². The highest BCUT2D eigenvalue weighted by Crippen LogP contribution is 2.22. The second kappa shape index (κ2) is 6.21. The summed E-state index contributed by atoms with van der Waals surface area (Å²) in [5.41, 5.74) is 6.56. The van der Waals surface area contributed by atoms with E-state index in [2.05, 4.69) is 10.3 Å². The van der Waals surface area contributed by atoms with Crippen molar-refractivity contribution >= 4 is 16.5 Å². The van der Waals surface area contributed by atoms with Gasteiger partial charge in [0.05, 0.1) is 5.69 Å². The summed E-state index contributed by atoms with van der Waals surface area (Å²) >= 11 is 1.68. The van der Waals surface area contributed by atoms with E-state index in [1.807, 2.05) is 5.38 Å². The number of hydrogen-bond acceptors (Lipinski definition) is 4. The van der Waals surface area contributed by atoms with Gasteiger partial charge in [-0.05, 0) is 12.8 Å². The van der Waals surface area contributed by atoms with Crippen LogP contribution in [0.15, 0.2) is 5.38 Å². The van der Waals surface area contributed by atoms with Crippen LogP contribution in [0.25, 0.3) is 0 Å². The molecule has 1 heterocycles. The van der Waals surface area contributed by atoms with E-state index in [0.717, 1.165) is 10.8 Å². The molecule has 90 valence electrons. The quantitative estimate of drug-likeness (QED) is 0.852. The lowest BCUT2D eigenvalue weighted by Gasteiger charge is -2.20. The number of aromatic nitrogens is 1. The zero-order valence-electron chi connectivity index (χ0n) is 9.74. The number of rotatable bonds is 3. The maximum absolute atomic E-state index is 5.56. The number of nitrogens with zero attached hydrogens (tertiary/aromatic N) is 1. The smallest absolute Gasteiger partial charge is 0.183 e. The lowest BCUT2D eigenvalue weighted by atomic mass is 9.97. The molecule has 16 heavy (non-hydrogen) atoms. The van der Waals surface area contributed by atoms with Gasteiger partial charge in [-0.3, -0.25) is 0 Å². The minimum absolute atomic E-state index is 0.544. The van der Waals surface area contributed by atoms with Gasteiger partial charge in [0, 0.05) is 18.0 Å². The van der Waals surface area contributed by atoms with Gasteiger partial charge >= 0.3 is 0 Å². The molecule has 0 saturated heterocycles. The summed E-state index contributed by atoms with van der Waals surface area (Å²) in [7, 11) is 0. The Hall–Kier alpha value is -0.610. The van der Waals surface area contributed by atoms with Crippen LogP contribution in [-0.4, -0.2) is 11.0 Å². The largest absolute Gasteiger partial charge is 0.359 e. The van der Waals surface area contributed by atoms with E-state index < -0.39 is 0 Å². The van der Waals surface area contributed by atoms with Crippen molar-refractivity contribution in [3.8, 4) is 0 Å². The molecule has 0 bridgehead atoms. The van der Waals surface area contributed by atoms with Crippen LogP contribution in [0.4, 0.5) is 5.13 Å². The third-order valence-electron chi connectivity index (χ3n) is 3.19. The molecule has 1 aliphatic carbocycles. The monoisotopic (exact) mass is 239 g/mol. The Kier molecular flexibility index (Phi) is 4.60. The van der Waals surface area contributed by atoms with E-state index >= 15 is 0 Å². The van der Waals surface area contributed by atoms with Gasteiger partial charge in [0.1, 0.15) is 0 Å². The minimum atomic E-state index is 0.544. The topological polar surface area (TPSA) is 50.9 Å². The molecule has 0 aliphatic heterocycles. The summed E-state index contributed by atoms with van der Waals surface area (Å²) in [6.45, 7) is 0.544. The highest BCUT2D eigenvalue weighted by atomic mass is 32.1. The fraction of sp³-hybridized carbons (Fsp3) is 0.750. The average molecular weight is 239 g/mol. The zero-order chi connectivity index (χ0) is 11.2. The molecule has 0 aromatic carbocycles. The second-order valence-corrected chi connectivity index (χ2v) is 5.39. The van der Waals surface area contributed by atoms with E-state index in [4.69, 9.17) is 5.73 Å². The van der Waals surface area contributed by atoms with Crippen LogP contribution < -0.4 is 11.1 Å². The first-order valence-corrected chi connectivity index (χ1v) is 7.17. The molecule has 1 saturated carbocycles. The van der Waals surface area contributed by atoms with E-state index in [9.17, 15) is 0 Å². The van der Waals surface area contributed by atoms with Crippen LogP contribution in [0.2, 0.25) is 0 Å². The summed E-state index contributed by atoms with van der Waals surface area (Å²) in [5, 5.41) is 6.65. The summed E-state index contributed by atoms with van der Waals surface area (Å²) in [6, 6.07) is 0.622. The van der Waals surface area contributed by atoms with Crippen LogP contribution in [-0.2, 0) is 6.54 Å². The molecule has 1 fully saturated rings. The highest BCUT2D eigenvalue weighted by Gasteiger charge is 2.12. The molecule has 2 rings (SSSR count). The van der Waals surface area contributed by atoms with Crippen LogP contribution in [0.3, 0.4) is 0 Å². The van der Waals surface area contributed by atoms with Gasteiger partial charge in [0.2, 0.25) is 0 Å². The average Bonchev–Trinajstić information content (AvgIpc) is 2.69. The number of anilines is 1. The van der Waals surface area contributed by atoms with Crippen LogP contribution in [0, 0.1) is 0 Å². The molecule has 0 atom stereocenters. The summed E-state index contributed by atoms with van der Waals surface area (Å²) < 4.78 is 0. The van der Waals surface area contributed by atoms with Gasteiger partial charge in [0.15, 0.2) is 5.13 Å². The van der Waals surface area contributed by atoms with Crippen molar-refractivity contribution in [3.05, 3.63) is 11.1 Å². The number of nitrogens with one attached hydrogen (secondary N) is 1. The number of hydrogen-bond donors (Lipinski definition) is 2. The van der Waals surface area contributed by atoms with Crippen molar-refractivity contribution in [1.29, 1.82) is 0 Å². The maximum atomic E-state index is 5.56. The molecular formula is C12H21N3S. The lowest BCUT2D eigenvalue weighted by Crippen LogP contribution is -2.20. The normalized spacial score (nSPS) is 19.1. The van der Waals surface area contributed by atoms with Gasteiger partial charge < -0.3 is 11.1 Å². The zero-order valence-corrected chi connectivity index (χ0v) is 10.6. The number of nitrogens with two attached hydrogens (primary N) is 1. The van der Waals surface area contributed by atoms with Crippen molar-refractivity contribution in [2.24, 2.45) is 5.73 Å². The maximum Gasteiger partial charge on any atom is 0.183 e. The van der Waals surface area contributed by atoms with Crippen molar-refractivity contribution in [2.75, 3.05) is 5.32 Å². The Morgan fingerprint density at radius 2 is 1.94 bits per heavy atom. The molecule has 1 aromatic heterocycles. The Labute approximate surface area is 101 Å². The molecule has 3 nitrogen and oxygen atoms in total. The predicted molar refractivity (Wildman–Crippen MR) is 69.7 cm³/mol. The lowest BCUT2D eigenvalue weighted by molar-refractivity contribution is 0.471. The van der Waals surface area contributed by atoms with Crippen molar-refractivity contribution in [2.45, 2.75) is 57.5 Å². The molecule has 1 aromatic rings. The second-order valence-electron chi connectivity index (χ2n) is 4.53. The Bertz CT molecular complexity index is 303.